The Kier molecular flexibility index (Phi) is 5.81. The molecule has 1 heterocycles. The van der Waals surface area contributed by atoms with E-state index in [-0.39, 0.29) is 23.6 Å². The van der Waals surface area contributed by atoms with Crippen molar-refractivity contribution in [3.8, 4) is 0 Å². The van der Waals surface area contributed by atoms with Crippen LogP contribution in [0, 0.1) is 5.92 Å². The number of thioether (sulfide) groups is 1. The van der Waals surface area contributed by atoms with Gasteiger partial charge < -0.3 is 10.6 Å². The number of para-hydroxylation sites is 1. The number of fused-ring (bicyclic) bond motifs is 1. The summed E-state index contributed by atoms with van der Waals surface area (Å²) >= 11 is 1.36. The van der Waals surface area contributed by atoms with E-state index in [4.69, 9.17) is 0 Å². The summed E-state index contributed by atoms with van der Waals surface area (Å²) in [6.07, 6.45) is 2.09. The number of hydrogen-bond donors (Lipinski definition) is 2. The summed E-state index contributed by atoms with van der Waals surface area (Å²) in [7, 11) is 0. The summed E-state index contributed by atoms with van der Waals surface area (Å²) in [5, 5.41) is 7.56. The second-order valence-corrected chi connectivity index (χ2v) is 8.16. The maximum Gasteiger partial charge on any atom is 0.252 e. The Morgan fingerprint density at radius 3 is 2.65 bits per heavy atom. The SMILES string of the molecule is CC(C)[C@@H](C)NC(=O)CSc1cc(C(=O)NC2CC2)c2ccccc2n1. The molecule has 2 N–H and O–H groups in total. The van der Waals surface area contributed by atoms with Crippen LogP contribution < -0.4 is 10.6 Å². The Bertz CT molecular complexity index is 818. The van der Waals surface area contributed by atoms with Gasteiger partial charge in [-0.05, 0) is 37.8 Å². The van der Waals surface area contributed by atoms with Crippen molar-refractivity contribution in [3.63, 3.8) is 0 Å². The third-order valence-electron chi connectivity index (χ3n) is 4.59. The number of nitrogens with zero attached hydrogens (tertiary/aromatic N) is 1. The van der Waals surface area contributed by atoms with E-state index < -0.39 is 0 Å². The first-order chi connectivity index (χ1) is 12.4. The highest BCUT2D eigenvalue weighted by molar-refractivity contribution is 7.99. The first-order valence-corrected chi connectivity index (χ1v) is 10.1. The molecule has 0 spiro atoms. The third kappa shape index (κ3) is 4.75. The van der Waals surface area contributed by atoms with E-state index in [1.54, 1.807) is 6.07 Å². The predicted molar refractivity (Wildman–Crippen MR) is 105 cm³/mol. The van der Waals surface area contributed by atoms with Crippen molar-refractivity contribution < 1.29 is 9.59 Å². The minimum Gasteiger partial charge on any atom is -0.353 e. The van der Waals surface area contributed by atoms with Crippen LogP contribution in [0.4, 0.5) is 0 Å². The number of benzene rings is 1. The lowest BCUT2D eigenvalue weighted by Gasteiger charge is -2.17. The van der Waals surface area contributed by atoms with E-state index in [9.17, 15) is 9.59 Å². The first-order valence-electron chi connectivity index (χ1n) is 9.07. The molecule has 0 radical (unpaired) electrons. The summed E-state index contributed by atoms with van der Waals surface area (Å²) in [4.78, 5) is 29.3. The van der Waals surface area contributed by atoms with Gasteiger partial charge in [-0.15, -0.1) is 0 Å². The van der Waals surface area contributed by atoms with Gasteiger partial charge in [0.1, 0.15) is 0 Å². The van der Waals surface area contributed by atoms with Gasteiger partial charge in [-0.2, -0.15) is 0 Å². The van der Waals surface area contributed by atoms with E-state index in [0.29, 0.717) is 22.5 Å². The fourth-order valence-electron chi connectivity index (χ4n) is 2.51. The maximum absolute atomic E-state index is 12.6. The zero-order valence-electron chi connectivity index (χ0n) is 15.4. The Morgan fingerprint density at radius 1 is 1.23 bits per heavy atom. The Morgan fingerprint density at radius 2 is 1.96 bits per heavy atom. The Labute approximate surface area is 158 Å². The second-order valence-electron chi connectivity index (χ2n) is 7.16. The Balaban J connectivity index is 1.75. The molecule has 1 aliphatic carbocycles. The van der Waals surface area contributed by atoms with Crippen molar-refractivity contribution in [2.24, 2.45) is 5.92 Å². The topological polar surface area (TPSA) is 71.1 Å². The molecule has 1 fully saturated rings. The molecule has 2 amide bonds. The molecule has 0 bridgehead atoms. The average molecular weight is 372 g/mol. The maximum atomic E-state index is 12.6. The molecule has 1 aliphatic rings. The van der Waals surface area contributed by atoms with E-state index in [0.717, 1.165) is 23.7 Å². The summed E-state index contributed by atoms with van der Waals surface area (Å²) in [5.74, 6) is 0.591. The van der Waals surface area contributed by atoms with Crippen LogP contribution in [-0.4, -0.2) is 34.6 Å². The molecular weight excluding hydrogens is 346 g/mol. The van der Waals surface area contributed by atoms with Crippen LogP contribution >= 0.6 is 11.8 Å². The fraction of sp³-hybridized carbons (Fsp3) is 0.450. The van der Waals surface area contributed by atoms with Gasteiger partial charge in [-0.25, -0.2) is 4.98 Å². The van der Waals surface area contributed by atoms with Crippen LogP contribution in [0.15, 0.2) is 35.4 Å². The van der Waals surface area contributed by atoms with E-state index >= 15 is 0 Å². The fourth-order valence-corrected chi connectivity index (χ4v) is 3.23. The minimum absolute atomic E-state index is 0.0184. The molecule has 138 valence electrons. The highest BCUT2D eigenvalue weighted by Crippen LogP contribution is 2.26. The number of amides is 2. The average Bonchev–Trinajstić information content (AvgIpc) is 3.43. The third-order valence-corrected chi connectivity index (χ3v) is 5.50. The van der Waals surface area contributed by atoms with Gasteiger partial charge in [-0.3, -0.25) is 9.59 Å². The van der Waals surface area contributed by atoms with Crippen LogP contribution in [0.5, 0.6) is 0 Å². The molecule has 1 saturated carbocycles. The number of carbonyl (C=O) groups is 2. The highest BCUT2D eigenvalue weighted by atomic mass is 32.2. The molecule has 0 unspecified atom stereocenters. The lowest BCUT2D eigenvalue weighted by atomic mass is 10.1. The van der Waals surface area contributed by atoms with Crippen LogP contribution in [0.2, 0.25) is 0 Å². The number of carbonyl (C=O) groups excluding carboxylic acids is 2. The van der Waals surface area contributed by atoms with Crippen LogP contribution in [0.3, 0.4) is 0 Å². The van der Waals surface area contributed by atoms with Gasteiger partial charge in [0, 0.05) is 17.5 Å². The second kappa shape index (κ2) is 8.08. The molecule has 0 saturated heterocycles. The quantitative estimate of drug-likeness (QED) is 0.732. The van der Waals surface area contributed by atoms with Crippen LogP contribution in [0.1, 0.15) is 44.0 Å². The molecule has 6 heteroatoms. The molecule has 2 aromatic rings. The lowest BCUT2D eigenvalue weighted by molar-refractivity contribution is -0.119. The summed E-state index contributed by atoms with van der Waals surface area (Å²) in [5.41, 5.74) is 1.40. The van der Waals surface area contributed by atoms with Crippen molar-refractivity contribution in [3.05, 3.63) is 35.9 Å². The summed E-state index contributed by atoms with van der Waals surface area (Å²) in [6, 6.07) is 9.85. The van der Waals surface area contributed by atoms with Crippen molar-refractivity contribution in [2.75, 3.05) is 5.75 Å². The molecule has 1 aromatic heterocycles. The monoisotopic (exact) mass is 371 g/mol. The van der Waals surface area contributed by atoms with E-state index in [2.05, 4.69) is 29.5 Å². The number of aromatic nitrogens is 1. The van der Waals surface area contributed by atoms with Crippen molar-refractivity contribution >= 4 is 34.5 Å². The molecule has 1 atom stereocenters. The molecule has 1 aromatic carbocycles. The van der Waals surface area contributed by atoms with Crippen molar-refractivity contribution in [2.45, 2.75) is 50.7 Å². The molecular formula is C20H25N3O2S. The van der Waals surface area contributed by atoms with Gasteiger partial charge in [0.25, 0.3) is 5.91 Å². The molecule has 0 aliphatic heterocycles. The van der Waals surface area contributed by atoms with Gasteiger partial charge in [0.15, 0.2) is 0 Å². The summed E-state index contributed by atoms with van der Waals surface area (Å²) in [6.45, 7) is 6.16. The molecule has 26 heavy (non-hydrogen) atoms. The van der Waals surface area contributed by atoms with Crippen molar-refractivity contribution in [1.82, 2.24) is 15.6 Å². The predicted octanol–water partition coefficient (Wildman–Crippen LogP) is 3.38. The zero-order valence-corrected chi connectivity index (χ0v) is 16.2. The van der Waals surface area contributed by atoms with Gasteiger partial charge in [0.05, 0.1) is 21.9 Å². The number of rotatable bonds is 7. The van der Waals surface area contributed by atoms with Crippen LogP contribution in [0.25, 0.3) is 10.9 Å². The number of pyridine rings is 1. The molecule has 3 rings (SSSR count). The smallest absolute Gasteiger partial charge is 0.252 e. The Hall–Kier alpha value is -2.08. The largest absolute Gasteiger partial charge is 0.353 e. The normalized spacial score (nSPS) is 15.1. The zero-order chi connectivity index (χ0) is 18.7. The van der Waals surface area contributed by atoms with Crippen LogP contribution in [-0.2, 0) is 4.79 Å². The van der Waals surface area contributed by atoms with Gasteiger partial charge in [-0.1, -0.05) is 43.8 Å². The first kappa shape index (κ1) is 18.7. The van der Waals surface area contributed by atoms with E-state index in [1.165, 1.54) is 11.8 Å². The molecule has 5 nitrogen and oxygen atoms in total. The standard InChI is InChI=1S/C20H25N3O2S/c1-12(2)13(3)21-18(24)11-26-19-10-16(20(25)22-14-8-9-14)15-6-4-5-7-17(15)23-19/h4-7,10,12-14H,8-9,11H2,1-3H3,(H,21,24)(H,22,25)/t13-/m1/s1. The summed E-state index contributed by atoms with van der Waals surface area (Å²) < 4.78 is 0. The highest BCUT2D eigenvalue weighted by Gasteiger charge is 2.25. The minimum atomic E-state index is -0.0640. The van der Waals surface area contributed by atoms with E-state index in [1.807, 2.05) is 31.2 Å². The lowest BCUT2D eigenvalue weighted by Crippen LogP contribution is -2.37. The number of nitrogens with one attached hydrogen (secondary N) is 2. The van der Waals surface area contributed by atoms with Crippen molar-refractivity contribution in [1.29, 1.82) is 0 Å². The number of hydrogen-bond acceptors (Lipinski definition) is 4. The van der Waals surface area contributed by atoms with Gasteiger partial charge in [0.2, 0.25) is 5.91 Å². The van der Waals surface area contributed by atoms with Gasteiger partial charge >= 0.3 is 0 Å².